The first-order valence-corrected chi connectivity index (χ1v) is 13.1. The van der Waals surface area contributed by atoms with Crippen LogP contribution in [-0.2, 0) is 26.2 Å². The van der Waals surface area contributed by atoms with Crippen LogP contribution in [0.25, 0.3) is 0 Å². The molecule has 1 atom stereocenters. The van der Waals surface area contributed by atoms with Crippen LogP contribution in [0.3, 0.4) is 0 Å². The van der Waals surface area contributed by atoms with Crippen molar-refractivity contribution in [3.8, 4) is 5.75 Å². The van der Waals surface area contributed by atoms with Gasteiger partial charge in [0.15, 0.2) is 0 Å². The highest BCUT2D eigenvalue weighted by molar-refractivity contribution is 7.92. The zero-order chi connectivity index (χ0) is 26.4. The second kappa shape index (κ2) is 11.5. The number of methoxy groups -OCH3 is 1. The number of anilines is 1. The summed E-state index contributed by atoms with van der Waals surface area (Å²) in [5.74, 6) is -0.932. The lowest BCUT2D eigenvalue weighted by Crippen LogP contribution is -2.55. The fraction of sp³-hybridized carbons (Fsp3) is 0.440. The Labute approximate surface area is 207 Å². The Kier molecular flexibility index (Phi) is 9.25. The lowest BCUT2D eigenvalue weighted by atomic mass is 10.1. The van der Waals surface area contributed by atoms with Crippen molar-refractivity contribution >= 4 is 27.5 Å². The van der Waals surface area contributed by atoms with E-state index < -0.39 is 39.9 Å². The number of carbonyl (C=O) groups is 2. The van der Waals surface area contributed by atoms with E-state index in [-0.39, 0.29) is 18.1 Å². The molecule has 35 heavy (non-hydrogen) atoms. The third-order valence-corrected chi connectivity index (χ3v) is 6.31. The van der Waals surface area contributed by atoms with E-state index in [9.17, 15) is 22.4 Å². The molecule has 0 aliphatic heterocycles. The zero-order valence-corrected chi connectivity index (χ0v) is 21.9. The Morgan fingerprint density at radius 1 is 1.11 bits per heavy atom. The molecular formula is C25H34FN3O5S. The van der Waals surface area contributed by atoms with Crippen LogP contribution >= 0.6 is 0 Å². The van der Waals surface area contributed by atoms with Crippen molar-refractivity contribution in [2.24, 2.45) is 0 Å². The number of sulfonamides is 1. The molecule has 2 amide bonds. The first-order valence-electron chi connectivity index (χ1n) is 11.2. The fourth-order valence-corrected chi connectivity index (χ4v) is 4.39. The molecule has 0 saturated carbocycles. The molecule has 192 valence electrons. The molecule has 0 radical (unpaired) electrons. The van der Waals surface area contributed by atoms with E-state index in [4.69, 9.17) is 4.74 Å². The van der Waals surface area contributed by atoms with Crippen LogP contribution in [0.1, 0.15) is 39.7 Å². The first kappa shape index (κ1) is 28.1. The fourth-order valence-electron chi connectivity index (χ4n) is 3.54. The van der Waals surface area contributed by atoms with Crippen LogP contribution < -0.4 is 14.4 Å². The molecule has 2 aromatic carbocycles. The van der Waals surface area contributed by atoms with Crippen LogP contribution in [0, 0.1) is 5.82 Å². The van der Waals surface area contributed by atoms with E-state index in [1.807, 2.05) is 20.8 Å². The number of hydrogen-bond acceptors (Lipinski definition) is 5. The third kappa shape index (κ3) is 8.24. The van der Waals surface area contributed by atoms with E-state index in [0.717, 1.165) is 22.2 Å². The molecule has 2 rings (SSSR count). The molecule has 8 nitrogen and oxygen atoms in total. The molecule has 0 saturated heterocycles. The van der Waals surface area contributed by atoms with E-state index in [1.165, 1.54) is 23.1 Å². The van der Waals surface area contributed by atoms with Crippen LogP contribution in [0.2, 0.25) is 0 Å². The number of nitrogens with zero attached hydrogens (tertiary/aromatic N) is 2. The maximum Gasteiger partial charge on any atom is 0.244 e. The predicted octanol–water partition coefficient (Wildman–Crippen LogP) is 3.32. The molecule has 2 aromatic rings. The lowest BCUT2D eigenvalue weighted by molar-refractivity contribution is -0.141. The predicted molar refractivity (Wildman–Crippen MR) is 134 cm³/mol. The minimum Gasteiger partial charge on any atom is -0.497 e. The summed E-state index contributed by atoms with van der Waals surface area (Å²) in [6.45, 7) is 6.77. The second-order valence-electron chi connectivity index (χ2n) is 9.28. The van der Waals surface area contributed by atoms with Gasteiger partial charge in [-0.3, -0.25) is 13.9 Å². The number of halogens is 1. The maximum atomic E-state index is 13.8. The molecule has 0 heterocycles. The quantitative estimate of drug-likeness (QED) is 0.532. The van der Waals surface area contributed by atoms with Crippen molar-refractivity contribution in [1.82, 2.24) is 10.2 Å². The Bertz CT molecular complexity index is 1130. The van der Waals surface area contributed by atoms with E-state index in [1.54, 1.807) is 38.3 Å². The summed E-state index contributed by atoms with van der Waals surface area (Å²) in [6, 6.07) is 11.2. The van der Waals surface area contributed by atoms with E-state index >= 15 is 0 Å². The first-order chi connectivity index (χ1) is 16.2. The SMILES string of the molecule is CC[C@H](C(=O)NC(C)(C)C)N(Cc1ccc(OC)cc1)C(=O)CN(c1cccc(F)c1)S(C)(=O)=O. The molecule has 0 spiro atoms. The Hall–Kier alpha value is -3.14. The van der Waals surface area contributed by atoms with E-state index in [0.29, 0.717) is 12.2 Å². The van der Waals surface area contributed by atoms with Gasteiger partial charge >= 0.3 is 0 Å². The van der Waals surface area contributed by atoms with Gasteiger partial charge in [-0.15, -0.1) is 0 Å². The molecule has 0 aromatic heterocycles. The third-order valence-electron chi connectivity index (χ3n) is 5.17. The van der Waals surface area contributed by atoms with Gasteiger partial charge in [0, 0.05) is 12.1 Å². The van der Waals surface area contributed by atoms with Gasteiger partial charge in [-0.1, -0.05) is 25.1 Å². The van der Waals surface area contributed by atoms with Crippen LogP contribution in [-0.4, -0.2) is 56.6 Å². The highest BCUT2D eigenvalue weighted by Crippen LogP contribution is 2.21. The summed E-state index contributed by atoms with van der Waals surface area (Å²) in [5, 5.41) is 2.90. The lowest BCUT2D eigenvalue weighted by Gasteiger charge is -2.34. The summed E-state index contributed by atoms with van der Waals surface area (Å²) >= 11 is 0. The molecule has 0 unspecified atom stereocenters. The summed E-state index contributed by atoms with van der Waals surface area (Å²) < 4.78 is 44.9. The van der Waals surface area contributed by atoms with Gasteiger partial charge in [0.25, 0.3) is 0 Å². The maximum absolute atomic E-state index is 13.8. The normalized spacial score (nSPS) is 12.5. The molecule has 0 fully saturated rings. The van der Waals surface area contributed by atoms with Gasteiger partial charge in [0.2, 0.25) is 21.8 Å². The summed E-state index contributed by atoms with van der Waals surface area (Å²) in [6.07, 6.45) is 1.26. The Balaban J connectivity index is 2.45. The summed E-state index contributed by atoms with van der Waals surface area (Å²) in [4.78, 5) is 28.1. The van der Waals surface area contributed by atoms with Crippen molar-refractivity contribution in [2.45, 2.75) is 52.2 Å². The highest BCUT2D eigenvalue weighted by atomic mass is 32.2. The number of hydrogen-bond donors (Lipinski definition) is 1. The Morgan fingerprint density at radius 3 is 2.23 bits per heavy atom. The van der Waals surface area contributed by atoms with Crippen LogP contribution in [0.5, 0.6) is 5.75 Å². The average molecular weight is 508 g/mol. The highest BCUT2D eigenvalue weighted by Gasteiger charge is 2.33. The molecule has 0 bridgehead atoms. The zero-order valence-electron chi connectivity index (χ0n) is 21.0. The van der Waals surface area contributed by atoms with Crippen molar-refractivity contribution in [2.75, 3.05) is 24.2 Å². The number of rotatable bonds is 10. The summed E-state index contributed by atoms with van der Waals surface area (Å²) in [5.41, 5.74) is 0.231. The monoisotopic (exact) mass is 507 g/mol. The second-order valence-corrected chi connectivity index (χ2v) is 11.2. The average Bonchev–Trinajstić information content (AvgIpc) is 2.75. The molecule has 1 N–H and O–H groups in total. The van der Waals surface area contributed by atoms with Gasteiger partial charge in [-0.05, 0) is 63.1 Å². The topological polar surface area (TPSA) is 96.0 Å². The molecule has 0 aliphatic carbocycles. The molecule has 10 heteroatoms. The number of carbonyl (C=O) groups excluding carboxylic acids is 2. The number of amides is 2. The smallest absolute Gasteiger partial charge is 0.244 e. The van der Waals surface area contributed by atoms with Gasteiger partial charge in [-0.25, -0.2) is 12.8 Å². The van der Waals surface area contributed by atoms with Crippen molar-refractivity contribution in [1.29, 1.82) is 0 Å². The van der Waals surface area contributed by atoms with Crippen LogP contribution in [0.4, 0.5) is 10.1 Å². The van der Waals surface area contributed by atoms with Crippen molar-refractivity contribution < 1.29 is 27.1 Å². The molecule has 0 aliphatic rings. The van der Waals surface area contributed by atoms with Crippen molar-refractivity contribution in [3.05, 3.63) is 59.9 Å². The number of ether oxygens (including phenoxy) is 1. The van der Waals surface area contributed by atoms with Crippen LogP contribution in [0.15, 0.2) is 48.5 Å². The largest absolute Gasteiger partial charge is 0.497 e. The number of benzene rings is 2. The van der Waals surface area contributed by atoms with Gasteiger partial charge in [0.1, 0.15) is 24.2 Å². The standard InChI is InChI=1S/C25H34FN3O5S/c1-7-22(24(31)27-25(2,3)4)28(16-18-11-13-21(34-5)14-12-18)23(30)17-29(35(6,32)33)20-10-8-9-19(26)15-20/h8-15,22H,7,16-17H2,1-6H3,(H,27,31)/t22-/m1/s1. The minimum atomic E-state index is -3.92. The minimum absolute atomic E-state index is 0.0254. The Morgan fingerprint density at radius 2 is 1.74 bits per heavy atom. The van der Waals surface area contributed by atoms with Crippen molar-refractivity contribution in [3.63, 3.8) is 0 Å². The summed E-state index contributed by atoms with van der Waals surface area (Å²) in [7, 11) is -2.38. The molecular weight excluding hydrogens is 473 g/mol. The number of nitrogens with one attached hydrogen (secondary N) is 1. The van der Waals surface area contributed by atoms with Gasteiger partial charge < -0.3 is 15.0 Å². The van der Waals surface area contributed by atoms with Gasteiger partial charge in [-0.2, -0.15) is 0 Å². The van der Waals surface area contributed by atoms with Gasteiger partial charge in [0.05, 0.1) is 19.1 Å². The van der Waals surface area contributed by atoms with E-state index in [2.05, 4.69) is 5.32 Å².